The van der Waals surface area contributed by atoms with Gasteiger partial charge in [-0.15, -0.1) is 0 Å². The Morgan fingerprint density at radius 2 is 2.29 bits per heavy atom. The van der Waals surface area contributed by atoms with Crippen molar-refractivity contribution in [3.8, 4) is 0 Å². The van der Waals surface area contributed by atoms with Crippen LogP contribution in [0, 0.1) is 0 Å². The highest BCUT2D eigenvalue weighted by molar-refractivity contribution is 6.30. The van der Waals surface area contributed by atoms with Gasteiger partial charge in [-0.2, -0.15) is 0 Å². The average molecular weight is 254 g/mol. The SMILES string of the molecule is CCOCC(CNC1CC1)c1cccc(Cl)c1. The molecule has 1 aliphatic carbocycles. The van der Waals surface area contributed by atoms with Crippen molar-refractivity contribution in [3.63, 3.8) is 0 Å². The molecule has 1 atom stereocenters. The fourth-order valence-electron chi connectivity index (χ4n) is 1.89. The summed E-state index contributed by atoms with van der Waals surface area (Å²) in [5.41, 5.74) is 1.26. The predicted octanol–water partition coefficient (Wildman–Crippen LogP) is 3.21. The normalized spacial score (nSPS) is 17.1. The van der Waals surface area contributed by atoms with Gasteiger partial charge >= 0.3 is 0 Å². The van der Waals surface area contributed by atoms with Crippen molar-refractivity contribution >= 4 is 11.6 Å². The molecule has 0 heterocycles. The van der Waals surface area contributed by atoms with Crippen molar-refractivity contribution in [1.29, 1.82) is 0 Å². The molecule has 0 saturated heterocycles. The van der Waals surface area contributed by atoms with Crippen molar-refractivity contribution in [3.05, 3.63) is 34.9 Å². The first-order valence-electron chi connectivity index (χ1n) is 6.36. The zero-order valence-corrected chi connectivity index (χ0v) is 11.0. The molecule has 0 bridgehead atoms. The second-order valence-electron chi connectivity index (χ2n) is 4.59. The van der Waals surface area contributed by atoms with Crippen molar-refractivity contribution in [2.24, 2.45) is 0 Å². The van der Waals surface area contributed by atoms with E-state index in [4.69, 9.17) is 16.3 Å². The van der Waals surface area contributed by atoms with E-state index in [-0.39, 0.29) is 0 Å². The first-order valence-corrected chi connectivity index (χ1v) is 6.74. The van der Waals surface area contributed by atoms with Crippen molar-refractivity contribution in [2.75, 3.05) is 19.8 Å². The molecular weight excluding hydrogens is 234 g/mol. The largest absolute Gasteiger partial charge is 0.381 e. The summed E-state index contributed by atoms with van der Waals surface area (Å²) in [6.45, 7) is 4.53. The number of benzene rings is 1. The van der Waals surface area contributed by atoms with E-state index in [1.165, 1.54) is 18.4 Å². The van der Waals surface area contributed by atoms with Crippen LogP contribution in [0.4, 0.5) is 0 Å². The topological polar surface area (TPSA) is 21.3 Å². The second kappa shape index (κ2) is 6.39. The third-order valence-electron chi connectivity index (χ3n) is 3.07. The van der Waals surface area contributed by atoms with Crippen LogP contribution < -0.4 is 5.32 Å². The Bertz CT molecular complexity index is 352. The zero-order chi connectivity index (χ0) is 12.1. The molecule has 94 valence electrons. The van der Waals surface area contributed by atoms with Crippen LogP contribution >= 0.6 is 11.6 Å². The molecule has 2 nitrogen and oxygen atoms in total. The van der Waals surface area contributed by atoms with Gasteiger partial charge in [0.05, 0.1) is 6.61 Å². The maximum atomic E-state index is 6.04. The maximum absolute atomic E-state index is 6.04. The van der Waals surface area contributed by atoms with Gasteiger partial charge in [0, 0.05) is 30.1 Å². The summed E-state index contributed by atoms with van der Waals surface area (Å²) in [7, 11) is 0. The molecular formula is C14H20ClNO. The molecule has 0 amide bonds. The van der Waals surface area contributed by atoms with Gasteiger partial charge in [-0.05, 0) is 37.5 Å². The molecule has 1 saturated carbocycles. The quantitative estimate of drug-likeness (QED) is 0.806. The van der Waals surface area contributed by atoms with E-state index in [9.17, 15) is 0 Å². The Balaban J connectivity index is 1.96. The first kappa shape index (κ1) is 12.9. The van der Waals surface area contributed by atoms with Gasteiger partial charge in [-0.3, -0.25) is 0 Å². The lowest BCUT2D eigenvalue weighted by atomic mass is 10.00. The molecule has 17 heavy (non-hydrogen) atoms. The molecule has 3 heteroatoms. The van der Waals surface area contributed by atoms with Gasteiger partial charge in [0.2, 0.25) is 0 Å². The van der Waals surface area contributed by atoms with E-state index < -0.39 is 0 Å². The van der Waals surface area contributed by atoms with Gasteiger partial charge in [-0.25, -0.2) is 0 Å². The molecule has 0 aliphatic heterocycles. The Kier molecular flexibility index (Phi) is 4.84. The van der Waals surface area contributed by atoms with Crippen LogP contribution in [0.25, 0.3) is 0 Å². The van der Waals surface area contributed by atoms with Crippen molar-refractivity contribution in [2.45, 2.75) is 31.7 Å². The monoisotopic (exact) mass is 253 g/mol. The van der Waals surface area contributed by atoms with Crippen molar-refractivity contribution < 1.29 is 4.74 Å². The second-order valence-corrected chi connectivity index (χ2v) is 5.03. The summed E-state index contributed by atoms with van der Waals surface area (Å²) in [4.78, 5) is 0. The van der Waals surface area contributed by atoms with Crippen LogP contribution in [0.3, 0.4) is 0 Å². The van der Waals surface area contributed by atoms with Gasteiger partial charge < -0.3 is 10.1 Å². The third-order valence-corrected chi connectivity index (χ3v) is 3.31. The van der Waals surface area contributed by atoms with Gasteiger partial charge in [-0.1, -0.05) is 23.7 Å². The number of hydrogen-bond acceptors (Lipinski definition) is 2. The van der Waals surface area contributed by atoms with Gasteiger partial charge in [0.25, 0.3) is 0 Å². The molecule has 0 spiro atoms. The van der Waals surface area contributed by atoms with Crippen LogP contribution in [0.15, 0.2) is 24.3 Å². The number of ether oxygens (including phenoxy) is 1. The highest BCUT2D eigenvalue weighted by atomic mass is 35.5. The summed E-state index contributed by atoms with van der Waals surface area (Å²) in [5.74, 6) is 0.397. The summed E-state index contributed by atoms with van der Waals surface area (Å²) in [6, 6.07) is 8.83. The smallest absolute Gasteiger partial charge is 0.0546 e. The molecule has 1 aromatic rings. The summed E-state index contributed by atoms with van der Waals surface area (Å²) < 4.78 is 5.56. The number of rotatable bonds is 7. The fourth-order valence-corrected chi connectivity index (χ4v) is 2.09. The standard InChI is InChI=1S/C14H20ClNO/c1-2-17-10-12(9-16-14-6-7-14)11-4-3-5-13(15)8-11/h3-5,8,12,14,16H,2,6-7,9-10H2,1H3. The minimum atomic E-state index is 0.397. The highest BCUT2D eigenvalue weighted by Gasteiger charge is 2.22. The number of hydrogen-bond donors (Lipinski definition) is 1. The minimum Gasteiger partial charge on any atom is -0.381 e. The Labute approximate surface area is 108 Å². The third kappa shape index (κ3) is 4.30. The van der Waals surface area contributed by atoms with Crippen LogP contribution in [-0.4, -0.2) is 25.8 Å². The molecule has 0 aromatic heterocycles. The van der Waals surface area contributed by atoms with E-state index in [1.54, 1.807) is 0 Å². The Morgan fingerprint density at radius 1 is 1.47 bits per heavy atom. The van der Waals surface area contributed by atoms with E-state index in [1.807, 2.05) is 25.1 Å². The molecule has 1 unspecified atom stereocenters. The molecule has 1 aliphatic rings. The molecule has 1 fully saturated rings. The van der Waals surface area contributed by atoms with E-state index in [0.717, 1.165) is 30.8 Å². The lowest BCUT2D eigenvalue weighted by Gasteiger charge is -2.18. The van der Waals surface area contributed by atoms with Crippen LogP contribution in [0.2, 0.25) is 5.02 Å². The highest BCUT2D eigenvalue weighted by Crippen LogP contribution is 2.23. The Hall–Kier alpha value is -0.570. The first-order chi connectivity index (χ1) is 8.29. The predicted molar refractivity (Wildman–Crippen MR) is 71.7 cm³/mol. The summed E-state index contributed by atoms with van der Waals surface area (Å²) >= 11 is 6.04. The van der Waals surface area contributed by atoms with E-state index in [2.05, 4.69) is 11.4 Å². The summed E-state index contributed by atoms with van der Waals surface area (Å²) in [6.07, 6.45) is 2.63. The molecule has 1 N–H and O–H groups in total. The minimum absolute atomic E-state index is 0.397. The zero-order valence-electron chi connectivity index (χ0n) is 10.3. The molecule has 1 aromatic carbocycles. The lowest BCUT2D eigenvalue weighted by Crippen LogP contribution is -2.26. The molecule has 0 radical (unpaired) electrons. The summed E-state index contributed by atoms with van der Waals surface area (Å²) in [5, 5.41) is 4.36. The number of nitrogens with one attached hydrogen (secondary N) is 1. The van der Waals surface area contributed by atoms with Gasteiger partial charge in [0.15, 0.2) is 0 Å². The van der Waals surface area contributed by atoms with Crippen LogP contribution in [-0.2, 0) is 4.74 Å². The van der Waals surface area contributed by atoms with Gasteiger partial charge in [0.1, 0.15) is 0 Å². The van der Waals surface area contributed by atoms with E-state index in [0.29, 0.717) is 5.92 Å². The Morgan fingerprint density at radius 3 is 2.94 bits per heavy atom. The average Bonchev–Trinajstić information content (AvgIpc) is 3.13. The van der Waals surface area contributed by atoms with Crippen LogP contribution in [0.1, 0.15) is 31.2 Å². The van der Waals surface area contributed by atoms with Crippen molar-refractivity contribution in [1.82, 2.24) is 5.32 Å². The van der Waals surface area contributed by atoms with E-state index >= 15 is 0 Å². The fraction of sp³-hybridized carbons (Fsp3) is 0.571. The lowest BCUT2D eigenvalue weighted by molar-refractivity contribution is 0.131. The maximum Gasteiger partial charge on any atom is 0.0546 e. The molecule has 2 rings (SSSR count). The van der Waals surface area contributed by atoms with Crippen LogP contribution in [0.5, 0.6) is 0 Å². The number of halogens is 1.